The first-order chi connectivity index (χ1) is 12.8. The van der Waals surface area contributed by atoms with Gasteiger partial charge < -0.3 is 19.7 Å². The minimum atomic E-state index is -1.60. The summed E-state index contributed by atoms with van der Waals surface area (Å²) in [6.45, 7) is -0.0447. The number of aliphatic carboxylic acids is 1. The Balaban J connectivity index is 1.99. The Kier molecular flexibility index (Phi) is 6.64. The predicted molar refractivity (Wildman–Crippen MR) is 86.5 cm³/mol. The highest BCUT2D eigenvalue weighted by Crippen LogP contribution is 2.25. The summed E-state index contributed by atoms with van der Waals surface area (Å²) in [5, 5.41) is 17.9. The van der Waals surface area contributed by atoms with Gasteiger partial charge >= 0.3 is 11.9 Å². The van der Waals surface area contributed by atoms with Crippen LogP contribution in [-0.4, -0.2) is 34.9 Å². The van der Waals surface area contributed by atoms with Gasteiger partial charge in [0.05, 0.1) is 12.2 Å². The summed E-state index contributed by atoms with van der Waals surface area (Å²) in [6, 6.07) is 6.70. The van der Waals surface area contributed by atoms with E-state index >= 15 is 0 Å². The molecule has 0 spiro atoms. The van der Waals surface area contributed by atoms with Gasteiger partial charge in [0.25, 0.3) is 0 Å². The van der Waals surface area contributed by atoms with E-state index in [1.54, 1.807) is 6.07 Å². The van der Waals surface area contributed by atoms with Gasteiger partial charge in [-0.05, 0) is 37.1 Å². The lowest BCUT2D eigenvalue weighted by molar-refractivity contribution is -0.145. The molecule has 144 valence electrons. The molecular formula is C18H15F3O6. The van der Waals surface area contributed by atoms with Crippen LogP contribution in [0.5, 0.6) is 11.5 Å². The average molecular weight is 384 g/mol. The normalized spacial score (nSPS) is 11.7. The van der Waals surface area contributed by atoms with E-state index in [0.717, 1.165) is 0 Å². The molecule has 0 aliphatic rings. The summed E-state index contributed by atoms with van der Waals surface area (Å²) < 4.78 is 51.2. The largest absolute Gasteiger partial charge is 0.491 e. The van der Waals surface area contributed by atoms with Gasteiger partial charge in [-0.3, -0.25) is 0 Å². The number of carbonyl (C=O) groups is 2. The molecule has 6 nitrogen and oxygen atoms in total. The number of halogens is 3. The second-order valence-corrected chi connectivity index (χ2v) is 5.44. The Labute approximate surface area is 151 Å². The van der Waals surface area contributed by atoms with Crippen molar-refractivity contribution in [3.05, 3.63) is 59.4 Å². The van der Waals surface area contributed by atoms with Crippen molar-refractivity contribution >= 4 is 11.9 Å². The van der Waals surface area contributed by atoms with E-state index < -0.39 is 46.8 Å². The third kappa shape index (κ3) is 5.37. The van der Waals surface area contributed by atoms with Crippen molar-refractivity contribution in [3.8, 4) is 11.5 Å². The summed E-state index contributed by atoms with van der Waals surface area (Å²) in [5.41, 5.74) is -0.637. The van der Waals surface area contributed by atoms with Crippen molar-refractivity contribution in [1.29, 1.82) is 0 Å². The third-order valence-electron chi connectivity index (χ3n) is 3.49. The lowest BCUT2D eigenvalue weighted by atomic mass is 10.1. The van der Waals surface area contributed by atoms with Crippen LogP contribution in [0, 0.1) is 17.5 Å². The predicted octanol–water partition coefficient (Wildman–Crippen LogP) is 3.49. The minimum Gasteiger partial charge on any atom is -0.491 e. The van der Waals surface area contributed by atoms with Crippen LogP contribution in [0.3, 0.4) is 0 Å². The highest BCUT2D eigenvalue weighted by Gasteiger charge is 2.24. The molecule has 1 atom stereocenters. The number of carboxylic acids is 2. The molecule has 1 unspecified atom stereocenters. The number of hydrogen-bond acceptors (Lipinski definition) is 4. The number of aromatic carboxylic acids is 1. The molecule has 27 heavy (non-hydrogen) atoms. The van der Waals surface area contributed by atoms with E-state index in [1.807, 2.05) is 0 Å². The second kappa shape index (κ2) is 8.93. The molecule has 0 saturated heterocycles. The van der Waals surface area contributed by atoms with Crippen LogP contribution in [-0.2, 0) is 4.79 Å². The van der Waals surface area contributed by atoms with Gasteiger partial charge in [-0.2, -0.15) is 0 Å². The Hall–Kier alpha value is -3.23. The van der Waals surface area contributed by atoms with E-state index in [9.17, 15) is 22.8 Å². The molecule has 2 aromatic carbocycles. The first kappa shape index (κ1) is 20.1. The Morgan fingerprint density at radius 1 is 1.00 bits per heavy atom. The number of carboxylic acid groups (broad SMARTS) is 2. The van der Waals surface area contributed by atoms with Gasteiger partial charge in [0.15, 0.2) is 35.1 Å². The lowest BCUT2D eigenvalue weighted by Gasteiger charge is -2.16. The fraction of sp³-hybridized carbons (Fsp3) is 0.222. The smallest absolute Gasteiger partial charge is 0.344 e. The highest BCUT2D eigenvalue weighted by atomic mass is 19.1. The molecule has 2 aromatic rings. The van der Waals surface area contributed by atoms with Crippen LogP contribution in [0.15, 0.2) is 36.4 Å². The molecule has 9 heteroatoms. The van der Waals surface area contributed by atoms with E-state index in [0.29, 0.717) is 12.1 Å². The van der Waals surface area contributed by atoms with Gasteiger partial charge in [-0.25, -0.2) is 22.8 Å². The molecular weight excluding hydrogens is 369 g/mol. The monoisotopic (exact) mass is 384 g/mol. The zero-order chi connectivity index (χ0) is 20.0. The zero-order valence-electron chi connectivity index (χ0n) is 13.8. The Morgan fingerprint density at radius 3 is 2.19 bits per heavy atom. The molecule has 0 saturated carbocycles. The number of ether oxygens (including phenoxy) is 2. The van der Waals surface area contributed by atoms with E-state index in [4.69, 9.17) is 19.7 Å². The topological polar surface area (TPSA) is 93.1 Å². The summed E-state index contributed by atoms with van der Waals surface area (Å²) in [7, 11) is 0. The van der Waals surface area contributed by atoms with Gasteiger partial charge in [-0.15, -0.1) is 0 Å². The number of hydrogen-bond donors (Lipinski definition) is 2. The summed E-state index contributed by atoms with van der Waals surface area (Å²) in [6.07, 6.45) is -1.68. The van der Waals surface area contributed by atoms with Crippen molar-refractivity contribution < 1.29 is 42.4 Å². The average Bonchev–Trinajstić information content (AvgIpc) is 2.60. The molecule has 0 bridgehead atoms. The summed E-state index contributed by atoms with van der Waals surface area (Å²) >= 11 is 0. The van der Waals surface area contributed by atoms with Crippen LogP contribution >= 0.6 is 0 Å². The SMILES string of the molecule is O=C(O)c1cc(F)c(OC(CCCOc2ccccc2F)C(=O)O)c(F)c1. The van der Waals surface area contributed by atoms with Crippen LogP contribution in [0.1, 0.15) is 23.2 Å². The third-order valence-corrected chi connectivity index (χ3v) is 3.49. The second-order valence-electron chi connectivity index (χ2n) is 5.44. The molecule has 2 rings (SSSR count). The summed E-state index contributed by atoms with van der Waals surface area (Å²) in [4.78, 5) is 22.0. The van der Waals surface area contributed by atoms with Gasteiger partial charge in [0, 0.05) is 0 Å². The number of rotatable bonds is 9. The van der Waals surface area contributed by atoms with Crippen molar-refractivity contribution in [2.45, 2.75) is 18.9 Å². The molecule has 0 amide bonds. The first-order valence-electron chi connectivity index (χ1n) is 7.78. The van der Waals surface area contributed by atoms with Crippen molar-refractivity contribution in [1.82, 2.24) is 0 Å². The van der Waals surface area contributed by atoms with Gasteiger partial charge in [-0.1, -0.05) is 12.1 Å². The van der Waals surface area contributed by atoms with E-state index in [-0.39, 0.29) is 25.2 Å². The van der Waals surface area contributed by atoms with Gasteiger partial charge in [0.2, 0.25) is 0 Å². The van der Waals surface area contributed by atoms with Gasteiger partial charge in [0.1, 0.15) is 0 Å². The first-order valence-corrected chi connectivity index (χ1v) is 7.78. The van der Waals surface area contributed by atoms with Crippen molar-refractivity contribution in [2.75, 3.05) is 6.61 Å². The van der Waals surface area contributed by atoms with Crippen molar-refractivity contribution in [2.24, 2.45) is 0 Å². The maximum atomic E-state index is 13.9. The number of benzene rings is 2. The van der Waals surface area contributed by atoms with Crippen LogP contribution in [0.2, 0.25) is 0 Å². The quantitative estimate of drug-likeness (QED) is 0.643. The molecule has 0 heterocycles. The zero-order valence-corrected chi connectivity index (χ0v) is 13.8. The fourth-order valence-corrected chi connectivity index (χ4v) is 2.18. The maximum absolute atomic E-state index is 13.9. The minimum absolute atomic E-state index is 0.00774. The molecule has 0 fully saturated rings. The van der Waals surface area contributed by atoms with Crippen LogP contribution < -0.4 is 9.47 Å². The molecule has 2 N–H and O–H groups in total. The fourth-order valence-electron chi connectivity index (χ4n) is 2.18. The highest BCUT2D eigenvalue weighted by molar-refractivity contribution is 5.87. The summed E-state index contributed by atoms with van der Waals surface area (Å²) in [5.74, 6) is -7.25. The number of para-hydroxylation sites is 1. The lowest BCUT2D eigenvalue weighted by Crippen LogP contribution is -2.28. The standard InChI is InChI=1S/C18H15F3O6/c19-11-4-1-2-5-14(11)26-7-3-6-15(18(24)25)27-16-12(20)8-10(17(22)23)9-13(16)21/h1-2,4-5,8-9,15H,3,6-7H2,(H,22,23)(H,24,25). The van der Waals surface area contributed by atoms with Crippen molar-refractivity contribution in [3.63, 3.8) is 0 Å². The van der Waals surface area contributed by atoms with Crippen LogP contribution in [0.4, 0.5) is 13.2 Å². The Bertz CT molecular complexity index is 817. The molecule has 0 aliphatic carbocycles. The Morgan fingerprint density at radius 2 is 1.63 bits per heavy atom. The molecule has 0 aliphatic heterocycles. The molecule has 0 aromatic heterocycles. The maximum Gasteiger partial charge on any atom is 0.344 e. The van der Waals surface area contributed by atoms with Crippen LogP contribution in [0.25, 0.3) is 0 Å². The van der Waals surface area contributed by atoms with E-state index in [2.05, 4.69) is 0 Å². The van der Waals surface area contributed by atoms with E-state index in [1.165, 1.54) is 18.2 Å². The molecule has 0 radical (unpaired) electrons.